The second kappa shape index (κ2) is 22.6. The van der Waals surface area contributed by atoms with Gasteiger partial charge in [-0.15, -0.1) is 0 Å². The van der Waals surface area contributed by atoms with Crippen LogP contribution in [0.1, 0.15) is 24.0 Å². The standard InChI is InChI=1S/C13H20N3O2.C12H17N3O2.C4H8O.C2H6O4S.CH4O4S/c1-16(2,3)9-8-14-7-6-11-4-5-12(15(17)18)10-13(11)14;1-13(2)7-8-14-6-5-10-3-4-11(15(16)17)9-12(10)14;1-2-4-5-3-1;1-5-7(3,4)6-2;1-5-6(2,3)4/h4-5,10H,6-9H2,1-3H3;3-4,9H,5-8H2,1-2H3;1-4H2;1-2H3;1H3,(H,2,3,4)/q+1;;;;/p-1. The van der Waals surface area contributed by atoms with Crippen molar-refractivity contribution in [3.05, 3.63) is 67.8 Å². The summed E-state index contributed by atoms with van der Waals surface area (Å²) in [6.45, 7) is 7.78. The van der Waals surface area contributed by atoms with E-state index in [0.717, 1.165) is 103 Å². The Bertz CT molecular complexity index is 1650. The number of likely N-dealkylation sites (N-methyl/N-ethyl adjacent to an activating group) is 2. The number of ether oxygens (including phenoxy) is 1. The van der Waals surface area contributed by atoms with E-state index in [9.17, 15) is 41.6 Å². The molecule has 0 saturated carbocycles. The molecule has 0 atom stereocenters. The van der Waals surface area contributed by atoms with E-state index < -0.39 is 20.8 Å². The van der Waals surface area contributed by atoms with E-state index in [0.29, 0.717) is 0 Å². The summed E-state index contributed by atoms with van der Waals surface area (Å²) in [5, 5.41) is 21.6. The topological polar surface area (TPSA) is 224 Å². The zero-order valence-electron chi connectivity index (χ0n) is 31.8. The lowest BCUT2D eigenvalue weighted by Crippen LogP contribution is -2.41. The van der Waals surface area contributed by atoms with Gasteiger partial charge in [-0.25, -0.2) is 8.42 Å². The fourth-order valence-corrected chi connectivity index (χ4v) is 5.02. The Balaban J connectivity index is 0.000000367. The molecule has 302 valence electrons. The Labute approximate surface area is 313 Å². The molecule has 0 aromatic heterocycles. The molecule has 0 N–H and O–H groups in total. The molecule has 0 aliphatic carbocycles. The molecule has 1 saturated heterocycles. The zero-order chi connectivity index (χ0) is 40.4. The third kappa shape index (κ3) is 19.4. The van der Waals surface area contributed by atoms with Crippen LogP contribution >= 0.6 is 0 Å². The average Bonchev–Trinajstić information content (AvgIpc) is 3.89. The van der Waals surface area contributed by atoms with Crippen LogP contribution in [0.3, 0.4) is 0 Å². The van der Waals surface area contributed by atoms with Crippen LogP contribution in [0.4, 0.5) is 22.7 Å². The summed E-state index contributed by atoms with van der Waals surface area (Å²) in [5.41, 5.74) is 4.88. The minimum atomic E-state index is -4.41. The lowest BCUT2D eigenvalue weighted by atomic mass is 10.1. The highest BCUT2D eigenvalue weighted by molar-refractivity contribution is 7.81. The van der Waals surface area contributed by atoms with Gasteiger partial charge in [0.15, 0.2) is 0 Å². The number of hydrogen-bond donors (Lipinski definition) is 0. The second-order valence-corrected chi connectivity index (χ2v) is 15.7. The van der Waals surface area contributed by atoms with Crippen LogP contribution in [0.5, 0.6) is 0 Å². The lowest BCUT2D eigenvalue weighted by Gasteiger charge is -2.28. The van der Waals surface area contributed by atoms with Crippen LogP contribution < -0.4 is 9.80 Å². The first-order valence-corrected chi connectivity index (χ1v) is 19.2. The van der Waals surface area contributed by atoms with E-state index in [1.807, 2.05) is 26.2 Å². The molecule has 1 fully saturated rings. The number of fused-ring (bicyclic) bond motifs is 2. The lowest BCUT2D eigenvalue weighted by molar-refractivity contribution is -0.868. The number of quaternary nitrogens is 1. The van der Waals surface area contributed by atoms with Gasteiger partial charge in [0.25, 0.3) is 11.4 Å². The normalized spacial score (nSPS) is 14.7. The molecule has 19 nitrogen and oxygen atoms in total. The molecule has 0 radical (unpaired) electrons. The summed E-state index contributed by atoms with van der Waals surface area (Å²) < 4.78 is 64.4. The molecule has 53 heavy (non-hydrogen) atoms. The highest BCUT2D eigenvalue weighted by Crippen LogP contribution is 2.32. The van der Waals surface area contributed by atoms with Crippen molar-refractivity contribution >= 4 is 43.5 Å². The van der Waals surface area contributed by atoms with Crippen LogP contribution in [-0.4, -0.2) is 150 Å². The molecular formula is C32H54N6O13S2. The van der Waals surface area contributed by atoms with Gasteiger partial charge >= 0.3 is 10.4 Å². The summed E-state index contributed by atoms with van der Waals surface area (Å²) in [7, 11) is 5.33. The number of anilines is 2. The van der Waals surface area contributed by atoms with Gasteiger partial charge in [0.2, 0.25) is 10.4 Å². The number of nitro groups is 2. The van der Waals surface area contributed by atoms with Crippen molar-refractivity contribution in [2.75, 3.05) is 119 Å². The molecule has 3 aliphatic rings. The zero-order valence-corrected chi connectivity index (χ0v) is 33.4. The predicted octanol–water partition coefficient (Wildman–Crippen LogP) is 2.60. The highest BCUT2D eigenvalue weighted by atomic mass is 32.3. The SMILES string of the molecule is C1CCOC1.CN(C)CCN1CCc2ccc([N+](=O)[O-])cc21.COS(=O)(=O)OC.COS(=O)(=O)[O-].C[N+](C)(C)CCN1CCc2ccc([N+](=O)[O-])cc21. The Morgan fingerprint density at radius 2 is 1.19 bits per heavy atom. The minimum absolute atomic E-state index is 0.181. The van der Waals surface area contributed by atoms with Gasteiger partial charge in [0.1, 0.15) is 0 Å². The minimum Gasteiger partial charge on any atom is -0.726 e. The van der Waals surface area contributed by atoms with Crippen molar-refractivity contribution in [3.8, 4) is 0 Å². The van der Waals surface area contributed by atoms with Gasteiger partial charge in [0, 0.05) is 75.0 Å². The molecule has 2 aromatic rings. The number of benzene rings is 2. The van der Waals surface area contributed by atoms with Crippen LogP contribution in [0.15, 0.2) is 36.4 Å². The van der Waals surface area contributed by atoms with Gasteiger partial charge in [-0.1, -0.05) is 12.1 Å². The Hall–Kier alpha value is -3.54. The fraction of sp³-hybridized carbons (Fsp3) is 0.625. The largest absolute Gasteiger partial charge is 0.726 e. The predicted molar refractivity (Wildman–Crippen MR) is 199 cm³/mol. The molecule has 0 amide bonds. The molecule has 0 spiro atoms. The van der Waals surface area contributed by atoms with E-state index >= 15 is 0 Å². The third-order valence-corrected chi connectivity index (χ3v) is 9.07. The summed E-state index contributed by atoms with van der Waals surface area (Å²) in [6, 6.07) is 10.4. The van der Waals surface area contributed by atoms with Gasteiger partial charge in [0.05, 0.1) is 65.4 Å². The first-order valence-electron chi connectivity index (χ1n) is 16.6. The van der Waals surface area contributed by atoms with Gasteiger partial charge in [-0.05, 0) is 50.9 Å². The molecule has 5 rings (SSSR count). The molecule has 0 unspecified atom stereocenters. The maximum Gasteiger partial charge on any atom is 0.399 e. The molecule has 21 heteroatoms. The number of non-ortho nitro benzene ring substituents is 2. The van der Waals surface area contributed by atoms with E-state index in [-0.39, 0.29) is 21.2 Å². The summed E-state index contributed by atoms with van der Waals surface area (Å²) in [6.07, 6.45) is 4.53. The van der Waals surface area contributed by atoms with Crippen molar-refractivity contribution < 1.29 is 53.0 Å². The van der Waals surface area contributed by atoms with Crippen LogP contribution in [0.25, 0.3) is 0 Å². The number of nitro benzene ring substituents is 2. The molecule has 2 aromatic carbocycles. The van der Waals surface area contributed by atoms with E-state index in [2.05, 4.69) is 48.4 Å². The maximum atomic E-state index is 10.8. The van der Waals surface area contributed by atoms with Crippen molar-refractivity contribution in [1.29, 1.82) is 0 Å². The van der Waals surface area contributed by atoms with E-state index in [1.54, 1.807) is 24.3 Å². The molecule has 3 heterocycles. The Kier molecular flexibility index (Phi) is 20.3. The number of hydrogen-bond acceptors (Lipinski definition) is 16. The summed E-state index contributed by atoms with van der Waals surface area (Å²) in [5.74, 6) is 0. The Morgan fingerprint density at radius 1 is 0.774 bits per heavy atom. The molecule has 0 bridgehead atoms. The van der Waals surface area contributed by atoms with E-state index in [4.69, 9.17) is 4.74 Å². The smallest absolute Gasteiger partial charge is 0.399 e. The van der Waals surface area contributed by atoms with Crippen LogP contribution in [0, 0.1) is 20.2 Å². The summed E-state index contributed by atoms with van der Waals surface area (Å²) in [4.78, 5) is 27.5. The third-order valence-electron chi connectivity index (χ3n) is 7.84. The van der Waals surface area contributed by atoms with Crippen molar-refractivity contribution in [3.63, 3.8) is 0 Å². The van der Waals surface area contributed by atoms with Gasteiger partial charge in [-0.3, -0.25) is 32.8 Å². The van der Waals surface area contributed by atoms with Crippen LogP contribution in [0.2, 0.25) is 0 Å². The first kappa shape index (κ1) is 47.5. The summed E-state index contributed by atoms with van der Waals surface area (Å²) >= 11 is 0. The average molecular weight is 795 g/mol. The van der Waals surface area contributed by atoms with Crippen molar-refractivity contribution in [2.45, 2.75) is 25.7 Å². The molecule has 3 aliphatic heterocycles. The first-order chi connectivity index (χ1) is 24.6. The maximum absolute atomic E-state index is 10.8. The second-order valence-electron chi connectivity index (χ2n) is 13.1. The molecular weight excluding hydrogens is 741 g/mol. The number of nitrogens with zero attached hydrogens (tertiary/aromatic N) is 6. The van der Waals surface area contributed by atoms with Crippen molar-refractivity contribution in [2.24, 2.45) is 0 Å². The highest BCUT2D eigenvalue weighted by Gasteiger charge is 2.24. The van der Waals surface area contributed by atoms with Crippen molar-refractivity contribution in [1.82, 2.24) is 4.90 Å². The fourth-order valence-electron chi connectivity index (χ4n) is 4.88. The van der Waals surface area contributed by atoms with Gasteiger partial charge < -0.3 is 28.5 Å². The number of rotatable bonds is 11. The quantitative estimate of drug-likeness (QED) is 0.105. The van der Waals surface area contributed by atoms with Gasteiger partial charge in [-0.2, -0.15) is 8.42 Å². The Morgan fingerprint density at radius 3 is 1.47 bits per heavy atom. The monoisotopic (exact) mass is 794 g/mol. The van der Waals surface area contributed by atoms with Crippen LogP contribution in [-0.2, 0) is 50.9 Å². The van der Waals surface area contributed by atoms with E-state index in [1.165, 1.54) is 24.0 Å².